The van der Waals surface area contributed by atoms with E-state index in [1.807, 2.05) is 7.05 Å². The van der Waals surface area contributed by atoms with Crippen molar-refractivity contribution in [3.05, 3.63) is 71.3 Å². The molecule has 0 saturated heterocycles. The first-order valence-electron chi connectivity index (χ1n) is 6.68. The van der Waals surface area contributed by atoms with Gasteiger partial charge in [-0.2, -0.15) is 0 Å². The van der Waals surface area contributed by atoms with E-state index in [-0.39, 0.29) is 0 Å². The summed E-state index contributed by atoms with van der Waals surface area (Å²) in [5.41, 5.74) is 4.49. The summed E-state index contributed by atoms with van der Waals surface area (Å²) in [6.07, 6.45) is 1.23. The van der Waals surface area contributed by atoms with Crippen LogP contribution in [0.25, 0.3) is 0 Å². The summed E-state index contributed by atoms with van der Waals surface area (Å²) in [6, 6.07) is 19.8. The average molecular weight is 237 g/mol. The average Bonchev–Trinajstić information content (AvgIpc) is 2.80. The van der Waals surface area contributed by atoms with E-state index < -0.39 is 0 Å². The number of nitrogens with one attached hydrogen (secondary N) is 1. The van der Waals surface area contributed by atoms with E-state index in [1.54, 1.807) is 0 Å². The Morgan fingerprint density at radius 3 is 2.33 bits per heavy atom. The van der Waals surface area contributed by atoms with Gasteiger partial charge in [0.05, 0.1) is 0 Å². The van der Waals surface area contributed by atoms with Gasteiger partial charge in [0, 0.05) is 12.5 Å². The monoisotopic (exact) mass is 237 g/mol. The Hall–Kier alpha value is -1.60. The molecule has 1 nitrogen and oxygen atoms in total. The zero-order chi connectivity index (χ0) is 12.4. The van der Waals surface area contributed by atoms with Crippen LogP contribution in [0.1, 0.15) is 34.9 Å². The van der Waals surface area contributed by atoms with Gasteiger partial charge in [0.1, 0.15) is 0 Å². The smallest absolute Gasteiger partial charge is 0.00984 e. The molecule has 2 aromatic rings. The molecule has 0 spiro atoms. The van der Waals surface area contributed by atoms with E-state index in [2.05, 4.69) is 59.9 Å². The van der Waals surface area contributed by atoms with Gasteiger partial charge < -0.3 is 5.32 Å². The molecule has 1 aliphatic rings. The number of benzene rings is 2. The molecule has 0 amide bonds. The van der Waals surface area contributed by atoms with Crippen molar-refractivity contribution < 1.29 is 0 Å². The number of fused-ring (bicyclic) bond motifs is 1. The summed E-state index contributed by atoms with van der Waals surface area (Å²) < 4.78 is 0. The minimum atomic E-state index is 0.570. The van der Waals surface area contributed by atoms with Gasteiger partial charge >= 0.3 is 0 Å². The first-order valence-corrected chi connectivity index (χ1v) is 6.68. The zero-order valence-electron chi connectivity index (χ0n) is 10.8. The Morgan fingerprint density at radius 2 is 1.61 bits per heavy atom. The Bertz CT molecular complexity index is 518. The molecule has 2 aromatic carbocycles. The highest BCUT2D eigenvalue weighted by atomic mass is 14.8. The summed E-state index contributed by atoms with van der Waals surface area (Å²) in [4.78, 5) is 0. The summed E-state index contributed by atoms with van der Waals surface area (Å²) >= 11 is 0. The molecule has 0 heterocycles. The van der Waals surface area contributed by atoms with Gasteiger partial charge in [-0.1, -0.05) is 54.6 Å². The van der Waals surface area contributed by atoms with E-state index in [0.717, 1.165) is 6.54 Å². The third kappa shape index (κ3) is 1.95. The van der Waals surface area contributed by atoms with Crippen LogP contribution >= 0.6 is 0 Å². The first-order chi connectivity index (χ1) is 8.90. The minimum Gasteiger partial charge on any atom is -0.319 e. The normalized spacial score (nSPS) is 21.8. The molecule has 1 N–H and O–H groups in total. The van der Waals surface area contributed by atoms with Crippen LogP contribution in [0.2, 0.25) is 0 Å². The highest BCUT2D eigenvalue weighted by molar-refractivity contribution is 5.44. The lowest BCUT2D eigenvalue weighted by Crippen LogP contribution is -2.15. The van der Waals surface area contributed by atoms with Crippen molar-refractivity contribution in [1.82, 2.24) is 5.32 Å². The van der Waals surface area contributed by atoms with Crippen molar-refractivity contribution in [2.24, 2.45) is 0 Å². The molecular formula is C17H19N. The van der Waals surface area contributed by atoms with Gasteiger partial charge in [-0.15, -0.1) is 0 Å². The molecule has 0 fully saturated rings. The number of hydrogen-bond acceptors (Lipinski definition) is 1. The molecule has 1 heteroatoms. The second kappa shape index (κ2) is 4.95. The van der Waals surface area contributed by atoms with E-state index in [1.165, 1.54) is 23.1 Å². The van der Waals surface area contributed by atoms with Crippen LogP contribution < -0.4 is 5.32 Å². The van der Waals surface area contributed by atoms with Crippen molar-refractivity contribution in [1.29, 1.82) is 0 Å². The summed E-state index contributed by atoms with van der Waals surface area (Å²) in [6.45, 7) is 1.07. The summed E-state index contributed by atoms with van der Waals surface area (Å²) in [5.74, 6) is 1.22. The van der Waals surface area contributed by atoms with Crippen molar-refractivity contribution in [3.8, 4) is 0 Å². The molecule has 2 atom stereocenters. The molecule has 0 aromatic heterocycles. The Morgan fingerprint density at radius 1 is 0.944 bits per heavy atom. The quantitative estimate of drug-likeness (QED) is 0.861. The van der Waals surface area contributed by atoms with E-state index in [4.69, 9.17) is 0 Å². The maximum atomic E-state index is 3.32. The van der Waals surface area contributed by atoms with Gasteiger partial charge in [0.25, 0.3) is 0 Å². The fourth-order valence-corrected chi connectivity index (χ4v) is 3.18. The predicted octanol–water partition coefficient (Wildman–Crippen LogP) is 3.53. The summed E-state index contributed by atoms with van der Waals surface area (Å²) in [7, 11) is 2.04. The molecule has 18 heavy (non-hydrogen) atoms. The zero-order valence-corrected chi connectivity index (χ0v) is 10.8. The van der Waals surface area contributed by atoms with Crippen LogP contribution in [0, 0.1) is 0 Å². The van der Waals surface area contributed by atoms with Crippen molar-refractivity contribution in [2.45, 2.75) is 18.3 Å². The van der Waals surface area contributed by atoms with E-state index in [0.29, 0.717) is 11.8 Å². The van der Waals surface area contributed by atoms with Gasteiger partial charge in [0.15, 0.2) is 0 Å². The molecular weight excluding hydrogens is 218 g/mol. The Labute approximate surface area is 109 Å². The second-order valence-electron chi connectivity index (χ2n) is 5.08. The lowest BCUT2D eigenvalue weighted by Gasteiger charge is -2.12. The first kappa shape index (κ1) is 11.5. The van der Waals surface area contributed by atoms with Crippen LogP contribution in [0.15, 0.2) is 54.6 Å². The van der Waals surface area contributed by atoms with Crippen LogP contribution in [-0.4, -0.2) is 13.6 Å². The summed E-state index contributed by atoms with van der Waals surface area (Å²) in [5, 5.41) is 3.32. The lowest BCUT2D eigenvalue weighted by atomic mass is 9.93. The molecule has 0 saturated carbocycles. The fraction of sp³-hybridized carbons (Fsp3) is 0.294. The van der Waals surface area contributed by atoms with Gasteiger partial charge in [-0.25, -0.2) is 0 Å². The van der Waals surface area contributed by atoms with Crippen LogP contribution in [0.4, 0.5) is 0 Å². The second-order valence-corrected chi connectivity index (χ2v) is 5.08. The molecule has 0 aliphatic heterocycles. The van der Waals surface area contributed by atoms with Crippen molar-refractivity contribution in [2.75, 3.05) is 13.6 Å². The Balaban J connectivity index is 1.99. The molecule has 0 radical (unpaired) electrons. The number of rotatable bonds is 3. The van der Waals surface area contributed by atoms with Crippen LogP contribution in [0.3, 0.4) is 0 Å². The standard InChI is InChI=1S/C17H19N/c1-18-12-14-11-17(13-7-3-2-4-8-13)16-10-6-5-9-15(14)16/h2-10,14,17-18H,11-12H2,1H3/t14-,17-/m0/s1. The Kier molecular flexibility index (Phi) is 3.16. The largest absolute Gasteiger partial charge is 0.319 e. The molecule has 0 bridgehead atoms. The number of likely N-dealkylation sites (N-methyl/N-ethyl adjacent to an activating group) is 1. The highest BCUT2D eigenvalue weighted by Gasteiger charge is 2.30. The predicted molar refractivity (Wildman–Crippen MR) is 76.0 cm³/mol. The van der Waals surface area contributed by atoms with Gasteiger partial charge in [-0.05, 0) is 36.1 Å². The SMILES string of the molecule is CNC[C@@H]1C[C@@H](c2ccccc2)c2ccccc21. The lowest BCUT2D eigenvalue weighted by molar-refractivity contribution is 0.597. The van der Waals surface area contributed by atoms with Crippen molar-refractivity contribution in [3.63, 3.8) is 0 Å². The maximum absolute atomic E-state index is 3.32. The third-order valence-electron chi connectivity index (χ3n) is 3.98. The van der Waals surface area contributed by atoms with Crippen LogP contribution in [-0.2, 0) is 0 Å². The molecule has 92 valence electrons. The minimum absolute atomic E-state index is 0.570. The number of hydrogen-bond donors (Lipinski definition) is 1. The van der Waals surface area contributed by atoms with E-state index >= 15 is 0 Å². The van der Waals surface area contributed by atoms with Crippen LogP contribution in [0.5, 0.6) is 0 Å². The van der Waals surface area contributed by atoms with E-state index in [9.17, 15) is 0 Å². The third-order valence-corrected chi connectivity index (χ3v) is 3.98. The highest BCUT2D eigenvalue weighted by Crippen LogP contribution is 2.44. The maximum Gasteiger partial charge on any atom is 0.00984 e. The van der Waals surface area contributed by atoms with Gasteiger partial charge in [-0.3, -0.25) is 0 Å². The molecule has 1 aliphatic carbocycles. The topological polar surface area (TPSA) is 12.0 Å². The fourth-order valence-electron chi connectivity index (χ4n) is 3.18. The van der Waals surface area contributed by atoms with Crippen molar-refractivity contribution >= 4 is 0 Å². The molecule has 3 rings (SSSR count). The molecule has 0 unspecified atom stereocenters. The van der Waals surface area contributed by atoms with Gasteiger partial charge in [0.2, 0.25) is 0 Å².